The number of benzene rings is 1. The number of rotatable bonds is 5. The molecule has 0 saturated heterocycles. The Balaban J connectivity index is 2.00. The third kappa shape index (κ3) is 3.25. The van der Waals surface area contributed by atoms with Crippen molar-refractivity contribution in [2.24, 2.45) is 4.99 Å². The molecule has 0 bridgehead atoms. The van der Waals surface area contributed by atoms with Crippen LogP contribution in [-0.4, -0.2) is 23.3 Å². The van der Waals surface area contributed by atoms with Gasteiger partial charge in [0.15, 0.2) is 0 Å². The summed E-state index contributed by atoms with van der Waals surface area (Å²) in [6.07, 6.45) is 8.40. The average molecular weight is 380 g/mol. The third-order valence-electron chi connectivity index (χ3n) is 7.20. The smallest absolute Gasteiger partial charge is 0.328 e. The minimum absolute atomic E-state index is 0.110. The minimum Gasteiger partial charge on any atom is -0.478 e. The molecule has 150 valence electrons. The van der Waals surface area contributed by atoms with Crippen LogP contribution >= 0.6 is 0 Å². The summed E-state index contributed by atoms with van der Waals surface area (Å²) < 4.78 is 0. The SMILES string of the molecule is C=N[C@@]1(/C=C/C(C)=C/C(=O)O)C[C@]1(C)c1ccc2c(c1)C(C)(C)CCC2(C)C. The standard InChI is InChI=1S/C25H33NO2/c1-17(14-21(27)28)10-11-25(26-7)16-24(25,6)18-8-9-19-20(15-18)23(4,5)13-12-22(19,2)3/h8-11,14-15H,7,12-13,16H2,1-6H3,(H,27,28)/b11-10+,17-14+/t24-,25+/m1/s1. The van der Waals surface area contributed by atoms with Crippen molar-refractivity contribution in [2.75, 3.05) is 0 Å². The van der Waals surface area contributed by atoms with E-state index < -0.39 is 5.97 Å². The lowest BCUT2D eigenvalue weighted by Gasteiger charge is -2.42. The van der Waals surface area contributed by atoms with Crippen LogP contribution < -0.4 is 0 Å². The molecule has 0 radical (unpaired) electrons. The van der Waals surface area contributed by atoms with E-state index in [0.29, 0.717) is 5.57 Å². The fourth-order valence-corrected chi connectivity index (χ4v) is 4.82. The van der Waals surface area contributed by atoms with E-state index in [1.54, 1.807) is 6.92 Å². The molecule has 1 aromatic rings. The van der Waals surface area contributed by atoms with Gasteiger partial charge in [-0.15, -0.1) is 0 Å². The van der Waals surface area contributed by atoms with Crippen molar-refractivity contribution >= 4 is 12.7 Å². The van der Waals surface area contributed by atoms with Gasteiger partial charge in [-0.2, -0.15) is 0 Å². The van der Waals surface area contributed by atoms with E-state index in [1.807, 2.05) is 12.2 Å². The fraction of sp³-hybridized carbons (Fsp3) is 0.520. The number of allylic oxidation sites excluding steroid dienone is 2. The van der Waals surface area contributed by atoms with Crippen molar-refractivity contribution in [3.63, 3.8) is 0 Å². The number of aliphatic carboxylic acids is 1. The van der Waals surface area contributed by atoms with E-state index in [4.69, 9.17) is 5.11 Å². The van der Waals surface area contributed by atoms with Crippen LogP contribution in [0, 0.1) is 0 Å². The first-order valence-electron chi connectivity index (χ1n) is 10.1. The molecular weight excluding hydrogens is 346 g/mol. The minimum atomic E-state index is -0.930. The number of carbonyl (C=O) groups is 1. The van der Waals surface area contributed by atoms with Gasteiger partial charge in [0.05, 0.1) is 5.54 Å². The first-order chi connectivity index (χ1) is 12.9. The Labute approximate surface area is 169 Å². The Morgan fingerprint density at radius 1 is 1.11 bits per heavy atom. The molecule has 2 aliphatic carbocycles. The molecular formula is C25H33NO2. The summed E-state index contributed by atoms with van der Waals surface area (Å²) in [5, 5.41) is 8.92. The van der Waals surface area contributed by atoms with E-state index in [0.717, 1.165) is 6.42 Å². The zero-order chi connectivity index (χ0) is 21.0. The van der Waals surface area contributed by atoms with Crippen molar-refractivity contribution < 1.29 is 9.90 Å². The molecule has 2 atom stereocenters. The average Bonchev–Trinajstić information content (AvgIpc) is 3.23. The third-order valence-corrected chi connectivity index (χ3v) is 7.20. The number of carboxylic acid groups (broad SMARTS) is 1. The van der Waals surface area contributed by atoms with Crippen LogP contribution in [0.3, 0.4) is 0 Å². The lowest BCUT2D eigenvalue weighted by molar-refractivity contribution is -0.131. The van der Waals surface area contributed by atoms with Crippen molar-refractivity contribution in [2.45, 2.75) is 82.6 Å². The van der Waals surface area contributed by atoms with Gasteiger partial charge in [-0.1, -0.05) is 65.0 Å². The fourth-order valence-electron chi connectivity index (χ4n) is 4.82. The van der Waals surface area contributed by atoms with Gasteiger partial charge in [0.1, 0.15) is 0 Å². The number of hydrogen-bond donors (Lipinski definition) is 1. The zero-order valence-corrected chi connectivity index (χ0v) is 18.1. The Morgan fingerprint density at radius 3 is 2.29 bits per heavy atom. The monoisotopic (exact) mass is 379 g/mol. The summed E-state index contributed by atoms with van der Waals surface area (Å²) in [7, 11) is 0. The van der Waals surface area contributed by atoms with Crippen LogP contribution in [0.4, 0.5) is 0 Å². The lowest BCUT2D eigenvalue weighted by atomic mass is 9.62. The number of fused-ring (bicyclic) bond motifs is 1. The first kappa shape index (κ1) is 20.6. The normalized spacial score (nSPS) is 30.7. The predicted octanol–water partition coefficient (Wildman–Crippen LogP) is 5.72. The molecule has 1 fully saturated rings. The van der Waals surface area contributed by atoms with Crippen LogP contribution in [0.2, 0.25) is 0 Å². The molecule has 0 aliphatic heterocycles. The van der Waals surface area contributed by atoms with Gasteiger partial charge < -0.3 is 5.11 Å². The molecule has 0 spiro atoms. The van der Waals surface area contributed by atoms with Crippen LogP contribution in [0.5, 0.6) is 0 Å². The maximum atomic E-state index is 10.9. The molecule has 1 aromatic carbocycles. The van der Waals surface area contributed by atoms with E-state index in [9.17, 15) is 4.79 Å². The van der Waals surface area contributed by atoms with Crippen molar-refractivity contribution in [1.29, 1.82) is 0 Å². The maximum Gasteiger partial charge on any atom is 0.328 e. The van der Waals surface area contributed by atoms with E-state index >= 15 is 0 Å². The summed E-state index contributed by atoms with van der Waals surface area (Å²) >= 11 is 0. The van der Waals surface area contributed by atoms with E-state index in [1.165, 1.54) is 35.6 Å². The molecule has 1 N–H and O–H groups in total. The molecule has 0 amide bonds. The summed E-state index contributed by atoms with van der Waals surface area (Å²) in [5.74, 6) is -0.930. The predicted molar refractivity (Wildman–Crippen MR) is 117 cm³/mol. The van der Waals surface area contributed by atoms with Crippen LogP contribution in [0.1, 0.15) is 77.5 Å². The largest absolute Gasteiger partial charge is 0.478 e. The second-order valence-electron chi connectivity index (χ2n) is 10.2. The summed E-state index contributed by atoms with van der Waals surface area (Å²) in [5.41, 5.74) is 4.83. The summed E-state index contributed by atoms with van der Waals surface area (Å²) in [4.78, 5) is 15.3. The lowest BCUT2D eigenvalue weighted by Crippen LogP contribution is -2.34. The number of carboxylic acids is 1. The molecule has 3 rings (SSSR count). The molecule has 0 aromatic heterocycles. The molecule has 0 heterocycles. The van der Waals surface area contributed by atoms with Crippen molar-refractivity contribution in [1.82, 2.24) is 0 Å². The molecule has 1 saturated carbocycles. The summed E-state index contributed by atoms with van der Waals surface area (Å²) in [6.45, 7) is 17.3. The quantitative estimate of drug-likeness (QED) is 0.404. The number of hydrogen-bond acceptors (Lipinski definition) is 2. The molecule has 2 aliphatic rings. The molecule has 3 nitrogen and oxygen atoms in total. The van der Waals surface area contributed by atoms with Crippen LogP contribution in [-0.2, 0) is 21.0 Å². The summed E-state index contributed by atoms with van der Waals surface area (Å²) in [6, 6.07) is 6.99. The Hall–Kier alpha value is -2.16. The number of nitrogens with zero attached hydrogens (tertiary/aromatic N) is 1. The first-order valence-corrected chi connectivity index (χ1v) is 10.1. The second kappa shape index (κ2) is 6.43. The van der Waals surface area contributed by atoms with E-state index in [-0.39, 0.29) is 21.8 Å². The van der Waals surface area contributed by atoms with Crippen molar-refractivity contribution in [3.05, 3.63) is 58.7 Å². The highest BCUT2D eigenvalue weighted by atomic mass is 16.4. The Kier molecular flexibility index (Phi) is 4.73. The molecule has 3 heteroatoms. The highest BCUT2D eigenvalue weighted by Crippen LogP contribution is 2.61. The molecule has 28 heavy (non-hydrogen) atoms. The van der Waals surface area contributed by atoms with Crippen LogP contribution in [0.15, 0.2) is 47.0 Å². The zero-order valence-electron chi connectivity index (χ0n) is 18.1. The van der Waals surface area contributed by atoms with Gasteiger partial charge in [-0.05, 0) is 66.0 Å². The van der Waals surface area contributed by atoms with Gasteiger partial charge in [0.2, 0.25) is 0 Å². The van der Waals surface area contributed by atoms with Gasteiger partial charge in [0.25, 0.3) is 0 Å². The van der Waals surface area contributed by atoms with E-state index in [2.05, 4.69) is 64.5 Å². The van der Waals surface area contributed by atoms with Crippen molar-refractivity contribution in [3.8, 4) is 0 Å². The number of aliphatic imine (C=N–C) groups is 1. The van der Waals surface area contributed by atoms with Gasteiger partial charge in [-0.25, -0.2) is 4.79 Å². The van der Waals surface area contributed by atoms with Gasteiger partial charge >= 0.3 is 5.97 Å². The van der Waals surface area contributed by atoms with Gasteiger partial charge in [0, 0.05) is 11.5 Å². The highest BCUT2D eigenvalue weighted by Gasteiger charge is 2.63. The Bertz CT molecular complexity index is 890. The maximum absolute atomic E-state index is 10.9. The van der Waals surface area contributed by atoms with Crippen LogP contribution in [0.25, 0.3) is 0 Å². The second-order valence-corrected chi connectivity index (χ2v) is 10.2. The highest BCUT2D eigenvalue weighted by molar-refractivity contribution is 5.81. The topological polar surface area (TPSA) is 49.7 Å². The molecule has 0 unspecified atom stereocenters. The van der Waals surface area contributed by atoms with Gasteiger partial charge in [-0.3, -0.25) is 4.99 Å². The Morgan fingerprint density at radius 2 is 1.71 bits per heavy atom.